The van der Waals surface area contributed by atoms with Gasteiger partial charge in [0, 0.05) is 44.1 Å². The molecule has 2 aromatic heterocycles. The Balaban J connectivity index is 1.59. The molecule has 2 aromatic rings. The molecule has 0 radical (unpaired) electrons. The summed E-state index contributed by atoms with van der Waals surface area (Å²) in [7, 11) is 3.30. The van der Waals surface area contributed by atoms with Crippen LogP contribution in [0.1, 0.15) is 28.9 Å². The molecule has 128 valence electrons. The highest BCUT2D eigenvalue weighted by Gasteiger charge is 2.27. The molecule has 8 heteroatoms. The number of likely N-dealkylation sites (tertiary alicyclic amines) is 1. The first-order valence-corrected chi connectivity index (χ1v) is 7.99. The molecule has 0 aliphatic carbocycles. The summed E-state index contributed by atoms with van der Waals surface area (Å²) in [6.45, 7) is 3.33. The Morgan fingerprint density at radius 1 is 1.33 bits per heavy atom. The Morgan fingerprint density at radius 3 is 2.75 bits per heavy atom. The fourth-order valence-corrected chi connectivity index (χ4v) is 2.91. The molecule has 3 heterocycles. The number of piperidine rings is 1. The van der Waals surface area contributed by atoms with Gasteiger partial charge >= 0.3 is 0 Å². The van der Waals surface area contributed by atoms with Crippen molar-refractivity contribution in [3.63, 3.8) is 0 Å². The first-order valence-electron chi connectivity index (χ1n) is 7.99. The van der Waals surface area contributed by atoms with Gasteiger partial charge in [0.05, 0.1) is 7.11 Å². The van der Waals surface area contributed by atoms with Crippen molar-refractivity contribution < 1.29 is 9.53 Å². The van der Waals surface area contributed by atoms with Gasteiger partial charge in [0.1, 0.15) is 17.7 Å². The number of carbonyl (C=O) groups excluding carboxylic acids is 1. The lowest BCUT2D eigenvalue weighted by atomic mass is 10.0. The first-order chi connectivity index (χ1) is 11.6. The van der Waals surface area contributed by atoms with E-state index in [1.807, 2.05) is 17.9 Å². The van der Waals surface area contributed by atoms with E-state index in [9.17, 15) is 4.79 Å². The predicted octanol–water partition coefficient (Wildman–Crippen LogP) is 1.24. The lowest BCUT2D eigenvalue weighted by Crippen LogP contribution is -2.42. The molecule has 8 nitrogen and oxygen atoms in total. The molecule has 0 aromatic carbocycles. The van der Waals surface area contributed by atoms with Crippen molar-refractivity contribution in [1.82, 2.24) is 24.6 Å². The normalized spacial score (nSPS) is 15.4. The number of aromatic nitrogens is 4. The van der Waals surface area contributed by atoms with E-state index in [1.54, 1.807) is 24.3 Å². The van der Waals surface area contributed by atoms with Crippen LogP contribution in [0.3, 0.4) is 0 Å². The zero-order valence-electron chi connectivity index (χ0n) is 14.2. The van der Waals surface area contributed by atoms with Crippen LogP contribution in [-0.4, -0.2) is 56.8 Å². The summed E-state index contributed by atoms with van der Waals surface area (Å²) < 4.78 is 6.78. The molecule has 1 saturated heterocycles. The van der Waals surface area contributed by atoms with Crippen molar-refractivity contribution in [2.24, 2.45) is 7.05 Å². The topological polar surface area (TPSA) is 85.2 Å². The first kappa shape index (κ1) is 16.2. The van der Waals surface area contributed by atoms with Gasteiger partial charge in [-0.3, -0.25) is 9.48 Å². The van der Waals surface area contributed by atoms with Crippen LogP contribution in [0.4, 0.5) is 5.82 Å². The Hall–Kier alpha value is -2.64. The summed E-state index contributed by atoms with van der Waals surface area (Å²) >= 11 is 0. The number of anilines is 1. The van der Waals surface area contributed by atoms with Crippen molar-refractivity contribution in [1.29, 1.82) is 0 Å². The number of amides is 1. The highest BCUT2D eigenvalue weighted by molar-refractivity contribution is 5.96. The summed E-state index contributed by atoms with van der Waals surface area (Å²) in [5, 5.41) is 7.56. The molecule has 0 unspecified atom stereocenters. The molecule has 24 heavy (non-hydrogen) atoms. The lowest BCUT2D eigenvalue weighted by Gasteiger charge is -2.32. The van der Waals surface area contributed by atoms with Crippen LogP contribution >= 0.6 is 0 Å². The number of hydrogen-bond donors (Lipinski definition) is 1. The maximum atomic E-state index is 12.7. The Kier molecular flexibility index (Phi) is 4.64. The zero-order chi connectivity index (χ0) is 17.1. The van der Waals surface area contributed by atoms with E-state index in [1.165, 1.54) is 7.11 Å². The van der Waals surface area contributed by atoms with Gasteiger partial charge in [0.25, 0.3) is 5.91 Å². The number of rotatable bonds is 4. The van der Waals surface area contributed by atoms with Gasteiger partial charge in [0.15, 0.2) is 0 Å². The molecule has 0 atom stereocenters. The van der Waals surface area contributed by atoms with Crippen molar-refractivity contribution in [3.8, 4) is 5.88 Å². The summed E-state index contributed by atoms with van der Waals surface area (Å²) in [6.07, 6.45) is 5.01. The predicted molar refractivity (Wildman–Crippen MR) is 89.1 cm³/mol. The van der Waals surface area contributed by atoms with Crippen molar-refractivity contribution in [3.05, 3.63) is 29.8 Å². The fraction of sp³-hybridized carbons (Fsp3) is 0.500. The van der Waals surface area contributed by atoms with E-state index >= 15 is 0 Å². The van der Waals surface area contributed by atoms with Gasteiger partial charge in [-0.1, -0.05) is 0 Å². The average Bonchev–Trinajstić information content (AvgIpc) is 2.96. The molecule has 1 amide bonds. The number of aryl methyl sites for hydroxylation is 2. The maximum absolute atomic E-state index is 12.7. The SMILES string of the molecule is COc1nn(C)cc1C(=O)N1CCC(Nc2cc(C)ncn2)CC1. The van der Waals surface area contributed by atoms with Crippen LogP contribution in [0.5, 0.6) is 5.88 Å². The minimum Gasteiger partial charge on any atom is -0.479 e. The van der Waals surface area contributed by atoms with Gasteiger partial charge < -0.3 is 15.0 Å². The summed E-state index contributed by atoms with van der Waals surface area (Å²) in [4.78, 5) is 22.8. The zero-order valence-corrected chi connectivity index (χ0v) is 14.2. The molecule has 0 bridgehead atoms. The third kappa shape index (κ3) is 3.47. The van der Waals surface area contributed by atoms with Gasteiger partial charge in [-0.25, -0.2) is 9.97 Å². The van der Waals surface area contributed by atoms with Gasteiger partial charge in [-0.2, -0.15) is 0 Å². The lowest BCUT2D eigenvalue weighted by molar-refractivity contribution is 0.0715. The third-order valence-electron chi connectivity index (χ3n) is 4.16. The number of carbonyl (C=O) groups is 1. The van der Waals surface area contributed by atoms with E-state index in [4.69, 9.17) is 4.74 Å². The molecule has 1 aliphatic rings. The molecule has 0 spiro atoms. The molecule has 1 fully saturated rings. The fourth-order valence-electron chi connectivity index (χ4n) is 2.91. The van der Waals surface area contributed by atoms with Gasteiger partial charge in [0.2, 0.25) is 5.88 Å². The second-order valence-corrected chi connectivity index (χ2v) is 5.98. The molecule has 1 N–H and O–H groups in total. The maximum Gasteiger partial charge on any atom is 0.260 e. The van der Waals surface area contributed by atoms with Crippen LogP contribution < -0.4 is 10.1 Å². The quantitative estimate of drug-likeness (QED) is 0.908. The van der Waals surface area contributed by atoms with E-state index in [-0.39, 0.29) is 5.91 Å². The molecule has 3 rings (SSSR count). The van der Waals surface area contributed by atoms with Crippen molar-refractivity contribution >= 4 is 11.7 Å². The smallest absolute Gasteiger partial charge is 0.260 e. The second kappa shape index (κ2) is 6.86. The van der Waals surface area contributed by atoms with Crippen LogP contribution in [-0.2, 0) is 7.05 Å². The van der Waals surface area contributed by atoms with Gasteiger partial charge in [-0.05, 0) is 19.8 Å². The van der Waals surface area contributed by atoms with Gasteiger partial charge in [-0.15, -0.1) is 5.10 Å². The third-order valence-corrected chi connectivity index (χ3v) is 4.16. The standard InChI is InChI=1S/C16H22N6O2/c1-11-8-14(18-10-17-11)19-12-4-6-22(7-5-12)16(23)13-9-21(2)20-15(13)24-3/h8-10,12H,4-7H2,1-3H3,(H,17,18,19). The van der Waals surface area contributed by atoms with Crippen LogP contribution in [0.2, 0.25) is 0 Å². The largest absolute Gasteiger partial charge is 0.479 e. The van der Waals surface area contributed by atoms with E-state index in [0.717, 1.165) is 24.4 Å². The van der Waals surface area contributed by atoms with Crippen LogP contribution in [0.25, 0.3) is 0 Å². The minimum atomic E-state index is -0.0312. The second-order valence-electron chi connectivity index (χ2n) is 5.98. The monoisotopic (exact) mass is 330 g/mol. The summed E-state index contributed by atoms with van der Waals surface area (Å²) in [5.74, 6) is 1.18. The van der Waals surface area contributed by atoms with Crippen molar-refractivity contribution in [2.75, 3.05) is 25.5 Å². The minimum absolute atomic E-state index is 0.0312. The number of hydrogen-bond acceptors (Lipinski definition) is 6. The Morgan fingerprint density at radius 2 is 2.08 bits per heavy atom. The number of methoxy groups -OCH3 is 1. The van der Waals surface area contributed by atoms with Crippen LogP contribution in [0.15, 0.2) is 18.6 Å². The van der Waals surface area contributed by atoms with Crippen LogP contribution in [0, 0.1) is 6.92 Å². The Bertz CT molecular complexity index is 721. The average molecular weight is 330 g/mol. The highest BCUT2D eigenvalue weighted by Crippen LogP contribution is 2.21. The van der Waals surface area contributed by atoms with Crippen molar-refractivity contribution in [2.45, 2.75) is 25.8 Å². The molecule has 1 aliphatic heterocycles. The van der Waals surface area contributed by atoms with E-state index in [2.05, 4.69) is 20.4 Å². The number of nitrogens with one attached hydrogen (secondary N) is 1. The molecular formula is C16H22N6O2. The summed E-state index contributed by atoms with van der Waals surface area (Å²) in [6, 6.07) is 2.23. The number of nitrogens with zero attached hydrogens (tertiary/aromatic N) is 5. The van der Waals surface area contributed by atoms with E-state index < -0.39 is 0 Å². The number of ether oxygens (including phenoxy) is 1. The molecular weight excluding hydrogens is 308 g/mol. The Labute approximate surface area is 140 Å². The van der Waals surface area contributed by atoms with E-state index in [0.29, 0.717) is 30.6 Å². The molecule has 0 saturated carbocycles. The summed E-state index contributed by atoms with van der Waals surface area (Å²) in [5.41, 5.74) is 1.45. The highest BCUT2D eigenvalue weighted by atomic mass is 16.5.